The zero-order chi connectivity index (χ0) is 13.1. The van der Waals surface area contributed by atoms with E-state index in [1.165, 1.54) is 15.3 Å². The summed E-state index contributed by atoms with van der Waals surface area (Å²) < 4.78 is 5.37. The molecule has 0 radical (unpaired) electrons. The first-order chi connectivity index (χ1) is 9.31. The summed E-state index contributed by atoms with van der Waals surface area (Å²) in [6.07, 6.45) is 0. The Kier molecular flexibility index (Phi) is 4.18. The number of ether oxygens (including phenoxy) is 1. The van der Waals surface area contributed by atoms with E-state index in [0.717, 1.165) is 37.9 Å². The van der Waals surface area contributed by atoms with Gasteiger partial charge in [-0.2, -0.15) is 0 Å². The van der Waals surface area contributed by atoms with Crippen LogP contribution >= 0.6 is 22.9 Å². The summed E-state index contributed by atoms with van der Waals surface area (Å²) in [5, 5.41) is 0.786. The van der Waals surface area contributed by atoms with Gasteiger partial charge in [0.05, 0.1) is 13.2 Å². The van der Waals surface area contributed by atoms with Gasteiger partial charge < -0.3 is 4.74 Å². The van der Waals surface area contributed by atoms with Crippen molar-refractivity contribution in [2.24, 2.45) is 0 Å². The highest BCUT2D eigenvalue weighted by Crippen LogP contribution is 2.29. The molecule has 2 heterocycles. The molecule has 19 heavy (non-hydrogen) atoms. The third kappa shape index (κ3) is 3.37. The lowest BCUT2D eigenvalue weighted by atomic mass is 10.2. The predicted octanol–water partition coefficient (Wildman–Crippen LogP) is 3.90. The van der Waals surface area contributed by atoms with E-state index >= 15 is 0 Å². The minimum Gasteiger partial charge on any atom is -0.379 e. The molecule has 1 aliphatic rings. The summed E-state index contributed by atoms with van der Waals surface area (Å²) in [4.78, 5) is 5.16. The SMILES string of the molecule is Clc1ccc(-c2ccc(CN3CCOCC3)s2)cc1. The van der Waals surface area contributed by atoms with E-state index in [4.69, 9.17) is 16.3 Å². The minimum atomic E-state index is 0.786. The highest BCUT2D eigenvalue weighted by molar-refractivity contribution is 7.15. The number of halogens is 1. The maximum absolute atomic E-state index is 5.92. The molecule has 0 aliphatic carbocycles. The minimum absolute atomic E-state index is 0.786. The summed E-state index contributed by atoms with van der Waals surface area (Å²) >= 11 is 7.78. The Morgan fingerprint density at radius 1 is 1.05 bits per heavy atom. The van der Waals surface area contributed by atoms with Crippen LogP contribution in [0.5, 0.6) is 0 Å². The van der Waals surface area contributed by atoms with Gasteiger partial charge in [0.25, 0.3) is 0 Å². The van der Waals surface area contributed by atoms with Crippen molar-refractivity contribution in [1.29, 1.82) is 0 Å². The molecule has 2 nitrogen and oxygen atoms in total. The van der Waals surface area contributed by atoms with Gasteiger partial charge in [-0.05, 0) is 29.8 Å². The van der Waals surface area contributed by atoms with E-state index in [-0.39, 0.29) is 0 Å². The average molecular weight is 294 g/mol. The van der Waals surface area contributed by atoms with Crippen molar-refractivity contribution in [3.05, 3.63) is 46.3 Å². The van der Waals surface area contributed by atoms with Crippen LogP contribution in [0.4, 0.5) is 0 Å². The molecule has 1 fully saturated rings. The summed E-state index contributed by atoms with van der Waals surface area (Å²) in [5.41, 5.74) is 1.24. The number of hydrogen-bond donors (Lipinski definition) is 0. The van der Waals surface area contributed by atoms with Crippen LogP contribution in [0.2, 0.25) is 5.02 Å². The number of rotatable bonds is 3. The molecular weight excluding hydrogens is 278 g/mol. The quantitative estimate of drug-likeness (QED) is 0.851. The molecule has 0 amide bonds. The highest BCUT2D eigenvalue weighted by Gasteiger charge is 2.12. The molecule has 0 saturated carbocycles. The van der Waals surface area contributed by atoms with Crippen LogP contribution in [0.3, 0.4) is 0 Å². The lowest BCUT2D eigenvalue weighted by Gasteiger charge is -2.25. The summed E-state index contributed by atoms with van der Waals surface area (Å²) in [7, 11) is 0. The second kappa shape index (κ2) is 6.06. The van der Waals surface area contributed by atoms with Crippen LogP contribution < -0.4 is 0 Å². The van der Waals surface area contributed by atoms with Crippen molar-refractivity contribution in [2.45, 2.75) is 6.54 Å². The van der Waals surface area contributed by atoms with E-state index in [0.29, 0.717) is 0 Å². The largest absolute Gasteiger partial charge is 0.379 e. The van der Waals surface area contributed by atoms with Gasteiger partial charge in [-0.1, -0.05) is 23.7 Å². The molecule has 0 bridgehead atoms. The Hall–Kier alpha value is -0.870. The Bertz CT molecular complexity index is 531. The van der Waals surface area contributed by atoms with E-state index in [1.54, 1.807) is 0 Å². The van der Waals surface area contributed by atoms with Crippen molar-refractivity contribution in [1.82, 2.24) is 4.90 Å². The van der Waals surface area contributed by atoms with E-state index < -0.39 is 0 Å². The fraction of sp³-hybridized carbons (Fsp3) is 0.333. The number of hydrogen-bond acceptors (Lipinski definition) is 3. The van der Waals surface area contributed by atoms with Crippen LogP contribution in [0.25, 0.3) is 10.4 Å². The highest BCUT2D eigenvalue weighted by atomic mass is 35.5. The average Bonchev–Trinajstić information content (AvgIpc) is 2.89. The molecule has 4 heteroatoms. The van der Waals surface area contributed by atoms with Gasteiger partial charge >= 0.3 is 0 Å². The Labute approximate surface area is 122 Å². The molecule has 1 saturated heterocycles. The van der Waals surface area contributed by atoms with Gasteiger partial charge in [0.2, 0.25) is 0 Å². The number of thiophene rings is 1. The molecule has 0 atom stereocenters. The fourth-order valence-electron chi connectivity index (χ4n) is 2.21. The maximum Gasteiger partial charge on any atom is 0.0594 e. The Balaban J connectivity index is 1.70. The second-order valence-corrected chi connectivity index (χ2v) is 6.27. The Morgan fingerprint density at radius 2 is 1.79 bits per heavy atom. The molecule has 2 aromatic rings. The number of nitrogens with zero attached hydrogens (tertiary/aromatic N) is 1. The van der Waals surface area contributed by atoms with Crippen LogP contribution in [0, 0.1) is 0 Å². The van der Waals surface area contributed by atoms with Crippen LogP contribution in [-0.2, 0) is 11.3 Å². The fourth-order valence-corrected chi connectivity index (χ4v) is 3.39. The standard InChI is InChI=1S/C15H16ClNOS/c16-13-3-1-12(2-4-13)15-6-5-14(19-15)11-17-7-9-18-10-8-17/h1-6H,7-11H2. The molecular formula is C15H16ClNOS. The third-order valence-corrected chi connectivity index (χ3v) is 4.64. The summed E-state index contributed by atoms with van der Waals surface area (Å²) in [6, 6.07) is 12.5. The van der Waals surface area contributed by atoms with Crippen molar-refractivity contribution < 1.29 is 4.74 Å². The van der Waals surface area contributed by atoms with E-state index in [9.17, 15) is 0 Å². The maximum atomic E-state index is 5.92. The van der Waals surface area contributed by atoms with Crippen LogP contribution in [-0.4, -0.2) is 31.2 Å². The first kappa shape index (κ1) is 13.1. The van der Waals surface area contributed by atoms with Gasteiger partial charge in [-0.15, -0.1) is 11.3 Å². The van der Waals surface area contributed by atoms with Gasteiger partial charge in [-0.3, -0.25) is 4.90 Å². The van der Waals surface area contributed by atoms with Gasteiger partial charge in [0.15, 0.2) is 0 Å². The van der Waals surface area contributed by atoms with Crippen molar-refractivity contribution in [2.75, 3.05) is 26.3 Å². The molecule has 1 aromatic carbocycles. The van der Waals surface area contributed by atoms with Crippen molar-refractivity contribution in [3.8, 4) is 10.4 Å². The molecule has 1 aliphatic heterocycles. The monoisotopic (exact) mass is 293 g/mol. The third-order valence-electron chi connectivity index (χ3n) is 3.27. The lowest BCUT2D eigenvalue weighted by molar-refractivity contribution is 0.0346. The van der Waals surface area contributed by atoms with Gasteiger partial charge in [0.1, 0.15) is 0 Å². The Morgan fingerprint density at radius 3 is 2.53 bits per heavy atom. The van der Waals surface area contributed by atoms with E-state index in [1.807, 2.05) is 23.5 Å². The first-order valence-electron chi connectivity index (χ1n) is 6.46. The lowest BCUT2D eigenvalue weighted by Crippen LogP contribution is -2.35. The topological polar surface area (TPSA) is 12.5 Å². The van der Waals surface area contributed by atoms with Crippen molar-refractivity contribution in [3.63, 3.8) is 0 Å². The normalized spacial score (nSPS) is 16.7. The summed E-state index contributed by atoms with van der Waals surface area (Å²) in [6.45, 7) is 4.81. The summed E-state index contributed by atoms with van der Waals surface area (Å²) in [5.74, 6) is 0. The zero-order valence-electron chi connectivity index (χ0n) is 10.6. The zero-order valence-corrected chi connectivity index (χ0v) is 12.2. The molecule has 100 valence electrons. The van der Waals surface area contributed by atoms with Crippen LogP contribution in [0.1, 0.15) is 4.88 Å². The molecule has 0 unspecified atom stereocenters. The number of benzene rings is 1. The molecule has 1 aromatic heterocycles. The van der Waals surface area contributed by atoms with Crippen LogP contribution in [0.15, 0.2) is 36.4 Å². The smallest absolute Gasteiger partial charge is 0.0594 e. The molecule has 3 rings (SSSR count). The molecule has 0 N–H and O–H groups in total. The first-order valence-corrected chi connectivity index (χ1v) is 7.65. The van der Waals surface area contributed by atoms with Gasteiger partial charge in [-0.25, -0.2) is 0 Å². The second-order valence-electron chi connectivity index (χ2n) is 4.66. The van der Waals surface area contributed by atoms with Gasteiger partial charge in [0, 0.05) is 34.4 Å². The number of morpholine rings is 1. The van der Waals surface area contributed by atoms with Crippen molar-refractivity contribution >= 4 is 22.9 Å². The predicted molar refractivity (Wildman–Crippen MR) is 80.9 cm³/mol. The van der Waals surface area contributed by atoms with E-state index in [2.05, 4.69) is 29.2 Å². The molecule has 0 spiro atoms.